The van der Waals surface area contributed by atoms with E-state index in [1.807, 2.05) is 0 Å². The Balaban J connectivity index is 2.19. The standard InChI is InChI=1S/C12H20N2S/c1-12(2)5-4-10(13-3)6-11(12)9-7-14-15-8-9/h7-8,10-11,13H,4-6H2,1-3H3. The van der Waals surface area contributed by atoms with Crippen LogP contribution in [0, 0.1) is 5.41 Å². The molecule has 1 aromatic heterocycles. The topological polar surface area (TPSA) is 24.9 Å². The minimum Gasteiger partial charge on any atom is -0.317 e. The Kier molecular flexibility index (Phi) is 3.12. The smallest absolute Gasteiger partial charge is 0.0441 e. The fraction of sp³-hybridized carbons (Fsp3) is 0.750. The van der Waals surface area contributed by atoms with Gasteiger partial charge in [-0.05, 0) is 54.7 Å². The maximum absolute atomic E-state index is 4.24. The summed E-state index contributed by atoms with van der Waals surface area (Å²) in [5, 5.41) is 5.63. The summed E-state index contributed by atoms with van der Waals surface area (Å²) in [5.74, 6) is 0.669. The summed E-state index contributed by atoms with van der Waals surface area (Å²) < 4.78 is 4.24. The van der Waals surface area contributed by atoms with Crippen molar-refractivity contribution < 1.29 is 0 Å². The second-order valence-corrected chi connectivity index (χ2v) is 5.92. The molecule has 1 aliphatic rings. The van der Waals surface area contributed by atoms with E-state index in [2.05, 4.69) is 42.2 Å². The molecule has 0 aromatic carbocycles. The van der Waals surface area contributed by atoms with Crippen LogP contribution in [0.1, 0.15) is 44.6 Å². The third-order valence-corrected chi connectivity index (χ3v) is 4.47. The van der Waals surface area contributed by atoms with E-state index >= 15 is 0 Å². The third-order valence-electron chi connectivity index (χ3n) is 3.86. The van der Waals surface area contributed by atoms with E-state index < -0.39 is 0 Å². The van der Waals surface area contributed by atoms with E-state index in [-0.39, 0.29) is 0 Å². The molecule has 0 aliphatic heterocycles. The maximum Gasteiger partial charge on any atom is 0.0441 e. The lowest BCUT2D eigenvalue weighted by molar-refractivity contribution is 0.171. The van der Waals surface area contributed by atoms with Crippen LogP contribution in [0.2, 0.25) is 0 Å². The van der Waals surface area contributed by atoms with Crippen LogP contribution >= 0.6 is 11.5 Å². The molecule has 1 saturated carbocycles. The van der Waals surface area contributed by atoms with Crippen LogP contribution in [0.5, 0.6) is 0 Å². The highest BCUT2D eigenvalue weighted by Gasteiger charge is 2.37. The van der Waals surface area contributed by atoms with Gasteiger partial charge >= 0.3 is 0 Å². The predicted molar refractivity (Wildman–Crippen MR) is 65.3 cm³/mol. The molecule has 2 nitrogen and oxygen atoms in total. The number of nitrogens with one attached hydrogen (secondary N) is 1. The van der Waals surface area contributed by atoms with Crippen molar-refractivity contribution in [2.75, 3.05) is 7.05 Å². The number of nitrogens with zero attached hydrogens (tertiary/aromatic N) is 1. The summed E-state index contributed by atoms with van der Waals surface area (Å²) in [7, 11) is 2.08. The van der Waals surface area contributed by atoms with Crippen molar-refractivity contribution in [2.24, 2.45) is 5.41 Å². The highest BCUT2D eigenvalue weighted by molar-refractivity contribution is 7.03. The predicted octanol–water partition coefficient (Wildman–Crippen LogP) is 3.02. The van der Waals surface area contributed by atoms with Gasteiger partial charge in [0.15, 0.2) is 0 Å². The molecule has 1 N–H and O–H groups in total. The van der Waals surface area contributed by atoms with Crippen molar-refractivity contribution in [1.29, 1.82) is 0 Å². The van der Waals surface area contributed by atoms with Crippen molar-refractivity contribution in [1.82, 2.24) is 9.69 Å². The molecule has 3 heteroatoms. The number of hydrogen-bond acceptors (Lipinski definition) is 3. The zero-order valence-corrected chi connectivity index (χ0v) is 10.6. The molecule has 84 valence electrons. The first-order valence-electron chi connectivity index (χ1n) is 5.70. The average Bonchev–Trinajstić information content (AvgIpc) is 2.70. The van der Waals surface area contributed by atoms with E-state index in [1.165, 1.54) is 24.8 Å². The summed E-state index contributed by atoms with van der Waals surface area (Å²) in [6, 6.07) is 0.683. The zero-order chi connectivity index (χ0) is 10.9. The molecule has 2 rings (SSSR count). The molecule has 0 saturated heterocycles. The third kappa shape index (κ3) is 2.23. The van der Waals surface area contributed by atoms with E-state index in [9.17, 15) is 0 Å². The summed E-state index contributed by atoms with van der Waals surface area (Å²) in [4.78, 5) is 0. The Hall–Kier alpha value is -0.410. The van der Waals surface area contributed by atoms with Gasteiger partial charge < -0.3 is 5.32 Å². The normalized spacial score (nSPS) is 30.3. The molecule has 2 unspecified atom stereocenters. The van der Waals surface area contributed by atoms with Gasteiger partial charge in [-0.2, -0.15) is 0 Å². The van der Waals surface area contributed by atoms with Crippen LogP contribution in [-0.4, -0.2) is 17.5 Å². The van der Waals surface area contributed by atoms with Crippen LogP contribution in [-0.2, 0) is 0 Å². The lowest BCUT2D eigenvalue weighted by Gasteiger charge is -2.42. The number of rotatable bonds is 2. The second kappa shape index (κ2) is 4.22. The van der Waals surface area contributed by atoms with E-state index in [0.29, 0.717) is 17.4 Å². The van der Waals surface area contributed by atoms with Crippen molar-refractivity contribution in [3.8, 4) is 0 Å². The Morgan fingerprint density at radius 2 is 2.33 bits per heavy atom. The molecule has 1 aromatic rings. The van der Waals surface area contributed by atoms with Crippen LogP contribution in [0.4, 0.5) is 0 Å². The summed E-state index contributed by atoms with van der Waals surface area (Å²) >= 11 is 1.57. The summed E-state index contributed by atoms with van der Waals surface area (Å²) in [6.07, 6.45) is 5.91. The van der Waals surface area contributed by atoms with Gasteiger partial charge in [-0.1, -0.05) is 13.8 Å². The fourth-order valence-corrected chi connectivity index (χ4v) is 3.27. The lowest BCUT2D eigenvalue weighted by atomic mass is 9.65. The number of aromatic nitrogens is 1. The molecular weight excluding hydrogens is 204 g/mol. The molecule has 2 atom stereocenters. The zero-order valence-electron chi connectivity index (χ0n) is 9.79. The van der Waals surface area contributed by atoms with E-state index in [1.54, 1.807) is 11.5 Å². The minimum absolute atomic E-state index is 0.427. The monoisotopic (exact) mass is 224 g/mol. The first-order valence-corrected chi connectivity index (χ1v) is 6.53. The highest BCUT2D eigenvalue weighted by Crippen LogP contribution is 2.46. The molecule has 15 heavy (non-hydrogen) atoms. The molecule has 0 radical (unpaired) electrons. The fourth-order valence-electron chi connectivity index (χ4n) is 2.68. The summed E-state index contributed by atoms with van der Waals surface area (Å²) in [6.45, 7) is 4.78. The van der Waals surface area contributed by atoms with Crippen molar-refractivity contribution in [3.63, 3.8) is 0 Å². The van der Waals surface area contributed by atoms with Crippen LogP contribution in [0.25, 0.3) is 0 Å². The van der Waals surface area contributed by atoms with Gasteiger partial charge in [0.25, 0.3) is 0 Å². The molecule has 0 spiro atoms. The first kappa shape index (κ1) is 11.1. The van der Waals surface area contributed by atoms with Crippen LogP contribution in [0.15, 0.2) is 11.6 Å². The van der Waals surface area contributed by atoms with Crippen LogP contribution < -0.4 is 5.32 Å². The van der Waals surface area contributed by atoms with Crippen molar-refractivity contribution in [2.45, 2.75) is 45.1 Å². The maximum atomic E-state index is 4.24. The molecule has 1 aliphatic carbocycles. The van der Waals surface area contributed by atoms with Gasteiger partial charge in [0.05, 0.1) is 0 Å². The van der Waals surface area contributed by atoms with Gasteiger partial charge in [0.1, 0.15) is 0 Å². The van der Waals surface area contributed by atoms with Crippen molar-refractivity contribution in [3.05, 3.63) is 17.1 Å². The van der Waals surface area contributed by atoms with Gasteiger partial charge in [0, 0.05) is 17.6 Å². The largest absolute Gasteiger partial charge is 0.317 e. The van der Waals surface area contributed by atoms with E-state index in [4.69, 9.17) is 0 Å². The highest BCUT2D eigenvalue weighted by atomic mass is 32.1. The van der Waals surface area contributed by atoms with Gasteiger partial charge in [-0.25, -0.2) is 4.37 Å². The second-order valence-electron chi connectivity index (χ2n) is 5.26. The van der Waals surface area contributed by atoms with Gasteiger partial charge in [-0.15, -0.1) is 0 Å². The SMILES string of the molecule is CNC1CCC(C)(C)C(c2cnsc2)C1. The Morgan fingerprint density at radius 1 is 1.53 bits per heavy atom. The Labute approximate surface area is 96.3 Å². The summed E-state index contributed by atoms with van der Waals surface area (Å²) in [5.41, 5.74) is 1.86. The van der Waals surface area contributed by atoms with E-state index in [0.717, 1.165) is 0 Å². The minimum atomic E-state index is 0.427. The molecule has 0 amide bonds. The molecule has 1 heterocycles. The average molecular weight is 224 g/mol. The lowest BCUT2D eigenvalue weighted by Crippen LogP contribution is -2.38. The van der Waals surface area contributed by atoms with Crippen LogP contribution in [0.3, 0.4) is 0 Å². The molecule has 0 bridgehead atoms. The first-order chi connectivity index (χ1) is 7.13. The molecule has 1 fully saturated rings. The Morgan fingerprint density at radius 3 is 2.93 bits per heavy atom. The molecular formula is C12H20N2S. The van der Waals surface area contributed by atoms with Crippen molar-refractivity contribution >= 4 is 11.5 Å². The van der Waals surface area contributed by atoms with Gasteiger partial charge in [-0.3, -0.25) is 0 Å². The van der Waals surface area contributed by atoms with Gasteiger partial charge in [0.2, 0.25) is 0 Å². The Bertz CT molecular complexity index is 305. The number of hydrogen-bond donors (Lipinski definition) is 1. The quantitative estimate of drug-likeness (QED) is 0.835.